The maximum Gasteiger partial charge on any atom is 0.132 e. The van der Waals surface area contributed by atoms with Crippen molar-refractivity contribution in [3.05, 3.63) is 11.9 Å². The van der Waals surface area contributed by atoms with Gasteiger partial charge in [0.25, 0.3) is 0 Å². The molecule has 0 saturated carbocycles. The smallest absolute Gasteiger partial charge is 0.132 e. The van der Waals surface area contributed by atoms with Crippen LogP contribution in [0.1, 0.15) is 40.4 Å². The first kappa shape index (κ1) is 13.7. The number of hydrogen-bond acceptors (Lipinski definition) is 4. The molecule has 1 heterocycles. The molecule has 1 aromatic heterocycles. The van der Waals surface area contributed by atoms with Crippen molar-refractivity contribution in [1.29, 1.82) is 0 Å². The second kappa shape index (κ2) is 5.34. The fourth-order valence-electron chi connectivity index (χ4n) is 1.33. The number of anilines is 2. The summed E-state index contributed by atoms with van der Waals surface area (Å²) < 4.78 is 0. The lowest BCUT2D eigenvalue weighted by Crippen LogP contribution is -2.25. The number of nitrogens with one attached hydrogen (secondary N) is 1. The van der Waals surface area contributed by atoms with Gasteiger partial charge in [-0.2, -0.15) is 0 Å². The van der Waals surface area contributed by atoms with Crippen molar-refractivity contribution in [3.63, 3.8) is 0 Å². The Labute approximate surface area is 104 Å². The number of nitrogens with zero attached hydrogens (tertiary/aromatic N) is 2. The zero-order valence-corrected chi connectivity index (χ0v) is 11.5. The van der Waals surface area contributed by atoms with E-state index < -0.39 is 0 Å². The molecule has 0 aliphatic heterocycles. The summed E-state index contributed by atoms with van der Waals surface area (Å²) in [5.41, 5.74) is 6.03. The van der Waals surface area contributed by atoms with Crippen LogP contribution >= 0.6 is 0 Å². The molecule has 96 valence electrons. The molecule has 0 fully saturated rings. The zero-order chi connectivity index (χ0) is 13.1. The average molecular weight is 236 g/mol. The zero-order valence-electron chi connectivity index (χ0n) is 11.5. The molecule has 0 aromatic carbocycles. The molecule has 1 atom stereocenters. The fraction of sp³-hybridized carbons (Fsp3) is 0.692. The van der Waals surface area contributed by atoms with E-state index in [-0.39, 0.29) is 0 Å². The van der Waals surface area contributed by atoms with Gasteiger partial charge in [-0.1, -0.05) is 34.6 Å². The highest BCUT2D eigenvalue weighted by Gasteiger charge is 2.19. The maximum atomic E-state index is 5.74. The molecule has 1 unspecified atom stereocenters. The van der Waals surface area contributed by atoms with Gasteiger partial charge >= 0.3 is 0 Å². The lowest BCUT2D eigenvalue weighted by atomic mass is 9.82. The summed E-state index contributed by atoms with van der Waals surface area (Å²) >= 11 is 0. The molecular weight excluding hydrogens is 212 g/mol. The minimum atomic E-state index is 0.291. The van der Waals surface area contributed by atoms with E-state index in [1.54, 1.807) is 6.07 Å². The van der Waals surface area contributed by atoms with Crippen LogP contribution in [0.4, 0.5) is 11.6 Å². The molecule has 1 rings (SSSR count). The van der Waals surface area contributed by atoms with Gasteiger partial charge in [0.2, 0.25) is 0 Å². The van der Waals surface area contributed by atoms with Gasteiger partial charge in [-0.3, -0.25) is 0 Å². The summed E-state index contributed by atoms with van der Waals surface area (Å²) in [6.45, 7) is 11.9. The highest BCUT2D eigenvalue weighted by Crippen LogP contribution is 2.25. The Morgan fingerprint density at radius 1 is 1.35 bits per heavy atom. The number of aromatic nitrogens is 2. The number of nitrogen functional groups attached to an aromatic ring is 1. The minimum Gasteiger partial charge on any atom is -0.384 e. The monoisotopic (exact) mass is 236 g/mol. The van der Waals surface area contributed by atoms with Crippen LogP contribution in [0.5, 0.6) is 0 Å². The third-order valence-electron chi connectivity index (χ3n) is 3.18. The van der Waals surface area contributed by atoms with Crippen LogP contribution < -0.4 is 11.1 Å². The molecule has 3 N–H and O–H groups in total. The standard InChI is InChI=1S/C13H24N4/c1-6-11-16-10(14)7-12(17-11)15-8-9(2)13(3,4)5/h7,9H,6,8H2,1-5H3,(H3,14,15,16,17). The van der Waals surface area contributed by atoms with E-state index >= 15 is 0 Å². The number of rotatable bonds is 4. The van der Waals surface area contributed by atoms with E-state index in [0.29, 0.717) is 17.2 Å². The van der Waals surface area contributed by atoms with Crippen molar-refractivity contribution in [2.24, 2.45) is 11.3 Å². The van der Waals surface area contributed by atoms with E-state index in [4.69, 9.17) is 5.73 Å². The molecule has 0 radical (unpaired) electrons. The lowest BCUT2D eigenvalue weighted by molar-refractivity contribution is 0.274. The van der Waals surface area contributed by atoms with Crippen molar-refractivity contribution in [2.75, 3.05) is 17.6 Å². The van der Waals surface area contributed by atoms with Gasteiger partial charge in [-0.05, 0) is 11.3 Å². The molecule has 0 aliphatic carbocycles. The van der Waals surface area contributed by atoms with E-state index in [9.17, 15) is 0 Å². The van der Waals surface area contributed by atoms with E-state index in [2.05, 4.69) is 43.0 Å². The Morgan fingerprint density at radius 3 is 2.53 bits per heavy atom. The molecule has 0 saturated heterocycles. The third-order valence-corrected chi connectivity index (χ3v) is 3.18. The molecule has 0 aliphatic rings. The summed E-state index contributed by atoms with van der Waals surface area (Å²) in [4.78, 5) is 8.56. The number of aryl methyl sites for hydroxylation is 1. The molecule has 17 heavy (non-hydrogen) atoms. The summed E-state index contributed by atoms with van der Waals surface area (Å²) in [6.07, 6.45) is 0.800. The Morgan fingerprint density at radius 2 is 2.00 bits per heavy atom. The van der Waals surface area contributed by atoms with Crippen molar-refractivity contribution < 1.29 is 0 Å². The van der Waals surface area contributed by atoms with Gasteiger partial charge < -0.3 is 11.1 Å². The highest BCUT2D eigenvalue weighted by atomic mass is 15.0. The van der Waals surface area contributed by atoms with Crippen molar-refractivity contribution >= 4 is 11.6 Å². The first-order valence-corrected chi connectivity index (χ1v) is 6.20. The number of nitrogens with two attached hydrogens (primary N) is 1. The van der Waals surface area contributed by atoms with Crippen LogP contribution in [-0.2, 0) is 6.42 Å². The van der Waals surface area contributed by atoms with Crippen LogP contribution in [0, 0.1) is 11.3 Å². The normalized spacial score (nSPS) is 13.5. The fourth-order valence-corrected chi connectivity index (χ4v) is 1.33. The summed E-state index contributed by atoms with van der Waals surface area (Å²) in [6, 6.07) is 1.79. The summed E-state index contributed by atoms with van der Waals surface area (Å²) in [7, 11) is 0. The highest BCUT2D eigenvalue weighted by molar-refractivity contribution is 5.44. The van der Waals surface area contributed by atoms with Gasteiger partial charge in [0.15, 0.2) is 0 Å². The summed E-state index contributed by atoms with van der Waals surface area (Å²) in [5.74, 6) is 2.70. The van der Waals surface area contributed by atoms with Crippen LogP contribution in [0.3, 0.4) is 0 Å². The Balaban J connectivity index is 2.66. The van der Waals surface area contributed by atoms with Crippen LogP contribution in [0.2, 0.25) is 0 Å². The predicted octanol–water partition coefficient (Wildman–Crippen LogP) is 2.72. The average Bonchev–Trinajstić information content (AvgIpc) is 2.23. The molecule has 4 heteroatoms. The largest absolute Gasteiger partial charge is 0.384 e. The second-order valence-electron chi connectivity index (χ2n) is 5.60. The van der Waals surface area contributed by atoms with Crippen LogP contribution in [0.15, 0.2) is 6.07 Å². The number of hydrogen-bond donors (Lipinski definition) is 2. The molecule has 1 aromatic rings. The quantitative estimate of drug-likeness (QED) is 0.843. The SMILES string of the molecule is CCc1nc(N)cc(NCC(C)C(C)(C)C)n1. The van der Waals surface area contributed by atoms with Crippen LogP contribution in [0.25, 0.3) is 0 Å². The Bertz CT molecular complexity index is 368. The van der Waals surface area contributed by atoms with Gasteiger partial charge in [0.05, 0.1) is 0 Å². The maximum absolute atomic E-state index is 5.74. The molecule has 0 amide bonds. The molecule has 0 spiro atoms. The summed E-state index contributed by atoms with van der Waals surface area (Å²) in [5, 5.41) is 3.34. The first-order valence-electron chi connectivity index (χ1n) is 6.20. The Hall–Kier alpha value is -1.32. The van der Waals surface area contributed by atoms with Crippen molar-refractivity contribution in [3.8, 4) is 0 Å². The molecule has 4 nitrogen and oxygen atoms in total. The van der Waals surface area contributed by atoms with Gasteiger partial charge in [0.1, 0.15) is 17.5 Å². The van der Waals surface area contributed by atoms with E-state index in [0.717, 1.165) is 24.6 Å². The third kappa shape index (κ3) is 4.21. The van der Waals surface area contributed by atoms with Crippen molar-refractivity contribution in [2.45, 2.75) is 41.0 Å². The topological polar surface area (TPSA) is 63.8 Å². The van der Waals surface area contributed by atoms with Crippen molar-refractivity contribution in [1.82, 2.24) is 9.97 Å². The minimum absolute atomic E-state index is 0.291. The predicted molar refractivity (Wildman–Crippen MR) is 72.9 cm³/mol. The van der Waals surface area contributed by atoms with Gasteiger partial charge in [-0.15, -0.1) is 0 Å². The molecular formula is C13H24N4. The molecule has 0 bridgehead atoms. The van der Waals surface area contributed by atoms with Crippen LogP contribution in [-0.4, -0.2) is 16.5 Å². The second-order valence-corrected chi connectivity index (χ2v) is 5.60. The van der Waals surface area contributed by atoms with E-state index in [1.807, 2.05) is 6.92 Å². The first-order chi connectivity index (χ1) is 7.82. The van der Waals surface area contributed by atoms with E-state index in [1.165, 1.54) is 0 Å². The van der Waals surface area contributed by atoms with Gasteiger partial charge in [-0.25, -0.2) is 9.97 Å². The van der Waals surface area contributed by atoms with Gasteiger partial charge in [0, 0.05) is 19.0 Å². The lowest BCUT2D eigenvalue weighted by Gasteiger charge is -2.27. The Kier molecular flexibility index (Phi) is 4.32.